The number of piperazine rings is 1. The van der Waals surface area contributed by atoms with E-state index in [0.717, 1.165) is 11.3 Å². The van der Waals surface area contributed by atoms with Gasteiger partial charge in [-0.1, -0.05) is 38.1 Å². The minimum Gasteiger partial charge on any atom is -0.377 e. The van der Waals surface area contributed by atoms with Crippen molar-refractivity contribution in [1.82, 2.24) is 15.2 Å². The molecule has 1 aliphatic heterocycles. The van der Waals surface area contributed by atoms with Crippen LogP contribution in [0, 0.1) is 0 Å². The van der Waals surface area contributed by atoms with Crippen LogP contribution >= 0.6 is 0 Å². The number of Topliss-reactive ketones (excluding diaryl/α,β-unsaturated/α-hetero) is 1. The van der Waals surface area contributed by atoms with Crippen molar-refractivity contribution in [3.8, 4) is 0 Å². The van der Waals surface area contributed by atoms with Gasteiger partial charge in [0.25, 0.3) is 17.6 Å². The molecule has 2 aromatic carbocycles. The molecule has 35 heavy (non-hydrogen) atoms. The number of nitrogens with zero attached hydrogens (tertiary/aromatic N) is 4. The highest BCUT2D eigenvalue weighted by Gasteiger charge is 2.34. The zero-order chi connectivity index (χ0) is 26.1. The van der Waals surface area contributed by atoms with Gasteiger partial charge in [-0.3, -0.25) is 14.4 Å². The predicted molar refractivity (Wildman–Crippen MR) is 141 cm³/mol. The van der Waals surface area contributed by atoms with Crippen molar-refractivity contribution in [3.05, 3.63) is 65.2 Å². The average Bonchev–Trinajstić information content (AvgIpc) is 2.88. The lowest BCUT2D eigenvalue weighted by Gasteiger charge is -2.39. The predicted octanol–water partition coefficient (Wildman–Crippen LogP) is 3.28. The van der Waals surface area contributed by atoms with E-state index in [1.165, 1.54) is 0 Å². The number of amides is 2. The third-order valence-corrected chi connectivity index (χ3v) is 5.81. The number of rotatable bonds is 6. The van der Waals surface area contributed by atoms with Crippen LogP contribution in [0.3, 0.4) is 0 Å². The van der Waals surface area contributed by atoms with E-state index < -0.39 is 11.7 Å². The van der Waals surface area contributed by atoms with Crippen LogP contribution in [0.25, 0.3) is 0 Å². The number of carbonyl (C=O) groups is 3. The Morgan fingerprint density at radius 2 is 1.66 bits per heavy atom. The third-order valence-electron chi connectivity index (χ3n) is 5.81. The molecule has 2 amide bonds. The Kier molecular flexibility index (Phi) is 9.99. The standard InChI is InChI=1S/C25H31N5O3.C2H6/c1-17-16-29(24(32)19-9-7-6-8-10-19)13-14-30(17)25(33)23(31)21-12-11-20(18(2)27-26-3)15-22(21)28(4)5;1-2/h6-12,15,17,26H,13-14,16H2,1-5H3;1-2H3/b27-18+;. The number of anilines is 1. The summed E-state index contributed by atoms with van der Waals surface area (Å²) in [7, 11) is 5.39. The van der Waals surface area contributed by atoms with Gasteiger partial charge in [0, 0.05) is 58.1 Å². The van der Waals surface area contributed by atoms with Gasteiger partial charge < -0.3 is 20.1 Å². The molecule has 2 aromatic rings. The second kappa shape index (κ2) is 12.7. The summed E-state index contributed by atoms with van der Waals surface area (Å²) in [6.45, 7) is 8.81. The van der Waals surface area contributed by atoms with Gasteiger partial charge in [-0.2, -0.15) is 5.10 Å². The lowest BCUT2D eigenvalue weighted by Crippen LogP contribution is -2.56. The summed E-state index contributed by atoms with van der Waals surface area (Å²) in [6.07, 6.45) is 0. The van der Waals surface area contributed by atoms with Crippen molar-refractivity contribution in [2.75, 3.05) is 45.7 Å². The number of ketones is 1. The first-order chi connectivity index (χ1) is 16.7. The normalized spacial score (nSPS) is 15.6. The average molecular weight is 480 g/mol. The molecule has 0 saturated carbocycles. The number of carbonyl (C=O) groups excluding carboxylic acids is 3. The minimum atomic E-state index is -0.553. The van der Waals surface area contributed by atoms with E-state index >= 15 is 0 Å². The second-order valence-corrected chi connectivity index (χ2v) is 8.34. The third kappa shape index (κ3) is 6.47. The maximum absolute atomic E-state index is 13.2. The number of hydrazone groups is 1. The van der Waals surface area contributed by atoms with Gasteiger partial charge in [-0.25, -0.2) is 0 Å². The summed E-state index contributed by atoms with van der Waals surface area (Å²) >= 11 is 0. The topological polar surface area (TPSA) is 85.3 Å². The molecule has 1 fully saturated rings. The Bertz CT molecular complexity index is 1070. The fraction of sp³-hybridized carbons (Fsp3) is 0.407. The van der Waals surface area contributed by atoms with Gasteiger partial charge in [0.2, 0.25) is 0 Å². The van der Waals surface area contributed by atoms with Gasteiger partial charge in [-0.05, 0) is 43.7 Å². The van der Waals surface area contributed by atoms with Gasteiger partial charge in [0.1, 0.15) is 0 Å². The molecule has 188 valence electrons. The van der Waals surface area contributed by atoms with E-state index in [9.17, 15) is 14.4 Å². The Labute approximate surface area is 208 Å². The maximum Gasteiger partial charge on any atom is 0.295 e. The molecule has 8 heteroatoms. The van der Waals surface area contributed by atoms with Crippen LogP contribution < -0.4 is 10.3 Å². The molecule has 1 aliphatic rings. The van der Waals surface area contributed by atoms with E-state index in [4.69, 9.17) is 0 Å². The van der Waals surface area contributed by atoms with Crippen LogP contribution in [0.2, 0.25) is 0 Å². The van der Waals surface area contributed by atoms with Crippen molar-refractivity contribution in [3.63, 3.8) is 0 Å². The van der Waals surface area contributed by atoms with Gasteiger partial charge in [-0.15, -0.1) is 0 Å². The largest absolute Gasteiger partial charge is 0.377 e. The van der Waals surface area contributed by atoms with Crippen molar-refractivity contribution in [2.45, 2.75) is 33.7 Å². The van der Waals surface area contributed by atoms with Crippen LogP contribution in [-0.4, -0.2) is 79.9 Å². The molecule has 1 unspecified atom stereocenters. The number of nitrogens with one attached hydrogen (secondary N) is 1. The molecule has 0 bridgehead atoms. The molecule has 8 nitrogen and oxygen atoms in total. The first kappa shape index (κ1) is 27.6. The molecular weight excluding hydrogens is 442 g/mol. The Morgan fingerprint density at radius 1 is 1.00 bits per heavy atom. The summed E-state index contributed by atoms with van der Waals surface area (Å²) in [6, 6.07) is 14.1. The molecule has 0 aromatic heterocycles. The fourth-order valence-electron chi connectivity index (χ4n) is 4.00. The number of hydrogen-bond acceptors (Lipinski definition) is 6. The van der Waals surface area contributed by atoms with Crippen LogP contribution in [-0.2, 0) is 4.79 Å². The Morgan fingerprint density at radius 3 is 2.23 bits per heavy atom. The number of benzene rings is 2. The summed E-state index contributed by atoms with van der Waals surface area (Å²) in [4.78, 5) is 44.3. The molecule has 3 rings (SSSR count). The van der Waals surface area contributed by atoms with Crippen LogP contribution in [0.5, 0.6) is 0 Å². The lowest BCUT2D eigenvalue weighted by atomic mass is 10.0. The van der Waals surface area contributed by atoms with Gasteiger partial charge in [0.15, 0.2) is 0 Å². The molecule has 1 saturated heterocycles. The number of hydrogen-bond donors (Lipinski definition) is 1. The quantitative estimate of drug-likeness (QED) is 0.297. The fourth-order valence-corrected chi connectivity index (χ4v) is 4.00. The van der Waals surface area contributed by atoms with E-state index in [1.54, 1.807) is 41.1 Å². The molecule has 1 heterocycles. The van der Waals surface area contributed by atoms with Crippen molar-refractivity contribution >= 4 is 29.0 Å². The SMILES string of the molecule is CC.CN/N=C(\C)c1ccc(C(=O)C(=O)N2CCN(C(=O)c3ccccc3)CC2C)c(N(C)C)c1. The van der Waals surface area contributed by atoms with Crippen LogP contribution in [0.15, 0.2) is 53.6 Å². The highest BCUT2D eigenvalue weighted by atomic mass is 16.2. The van der Waals surface area contributed by atoms with Crippen LogP contribution in [0.4, 0.5) is 5.69 Å². The zero-order valence-corrected chi connectivity index (χ0v) is 21.8. The lowest BCUT2D eigenvalue weighted by molar-refractivity contribution is -0.130. The molecular formula is C27H37N5O3. The highest BCUT2D eigenvalue weighted by Crippen LogP contribution is 2.24. The molecule has 0 aliphatic carbocycles. The molecule has 0 spiro atoms. The Balaban J connectivity index is 0.00000210. The van der Waals surface area contributed by atoms with E-state index in [0.29, 0.717) is 36.4 Å². The van der Waals surface area contributed by atoms with Crippen molar-refractivity contribution < 1.29 is 14.4 Å². The van der Waals surface area contributed by atoms with E-state index in [-0.39, 0.29) is 11.9 Å². The van der Waals surface area contributed by atoms with Crippen molar-refractivity contribution in [2.24, 2.45) is 5.10 Å². The van der Waals surface area contributed by atoms with E-state index in [2.05, 4.69) is 10.5 Å². The Hall–Kier alpha value is -3.68. The smallest absolute Gasteiger partial charge is 0.295 e. The van der Waals surface area contributed by atoms with Gasteiger partial charge in [0.05, 0.1) is 11.3 Å². The minimum absolute atomic E-state index is 0.0649. The van der Waals surface area contributed by atoms with Gasteiger partial charge >= 0.3 is 0 Å². The monoisotopic (exact) mass is 479 g/mol. The van der Waals surface area contributed by atoms with E-state index in [1.807, 2.05) is 71.0 Å². The van der Waals surface area contributed by atoms with Crippen LogP contribution in [0.1, 0.15) is 54.0 Å². The first-order valence-corrected chi connectivity index (χ1v) is 12.0. The summed E-state index contributed by atoms with van der Waals surface area (Å²) in [5.41, 5.74) is 6.02. The zero-order valence-electron chi connectivity index (χ0n) is 21.8. The summed E-state index contributed by atoms with van der Waals surface area (Å²) in [5, 5.41) is 4.19. The second-order valence-electron chi connectivity index (χ2n) is 8.34. The highest BCUT2D eigenvalue weighted by molar-refractivity contribution is 6.44. The summed E-state index contributed by atoms with van der Waals surface area (Å²) in [5.74, 6) is -1.17. The molecule has 0 radical (unpaired) electrons. The molecule has 1 N–H and O–H groups in total. The summed E-state index contributed by atoms with van der Waals surface area (Å²) < 4.78 is 0. The van der Waals surface area contributed by atoms with Crippen molar-refractivity contribution in [1.29, 1.82) is 0 Å². The first-order valence-electron chi connectivity index (χ1n) is 12.0. The molecule has 1 atom stereocenters. The maximum atomic E-state index is 13.2.